The van der Waals surface area contributed by atoms with Crippen LogP contribution in [0.25, 0.3) is 0 Å². The summed E-state index contributed by atoms with van der Waals surface area (Å²) in [5.74, 6) is -0.758. The van der Waals surface area contributed by atoms with Crippen molar-refractivity contribution in [1.29, 1.82) is 5.26 Å². The van der Waals surface area contributed by atoms with Crippen molar-refractivity contribution in [2.24, 2.45) is 0 Å². The lowest BCUT2D eigenvalue weighted by atomic mass is 9.96. The van der Waals surface area contributed by atoms with Gasteiger partial charge in [-0.05, 0) is 43.2 Å². The van der Waals surface area contributed by atoms with Crippen LogP contribution in [0.4, 0.5) is 5.00 Å². The zero-order valence-corrected chi connectivity index (χ0v) is 15.0. The molecular formula is C20H18N2O3S. The molecule has 1 heterocycles. The van der Waals surface area contributed by atoms with E-state index in [-0.39, 0.29) is 12.6 Å². The molecule has 1 saturated carbocycles. The number of esters is 1. The van der Waals surface area contributed by atoms with Gasteiger partial charge in [0.2, 0.25) is 0 Å². The van der Waals surface area contributed by atoms with Crippen LogP contribution in [-0.2, 0) is 32.6 Å². The van der Waals surface area contributed by atoms with Gasteiger partial charge in [-0.25, -0.2) is 0 Å². The van der Waals surface area contributed by atoms with E-state index < -0.39 is 11.3 Å². The summed E-state index contributed by atoms with van der Waals surface area (Å²) < 4.78 is 5.28. The summed E-state index contributed by atoms with van der Waals surface area (Å²) in [6.45, 7) is -0.332. The van der Waals surface area contributed by atoms with E-state index in [1.807, 2.05) is 30.3 Å². The van der Waals surface area contributed by atoms with Crippen LogP contribution in [0.3, 0.4) is 0 Å². The number of rotatable bonds is 5. The lowest BCUT2D eigenvalue weighted by Gasteiger charge is -2.14. The predicted molar refractivity (Wildman–Crippen MR) is 98.0 cm³/mol. The van der Waals surface area contributed by atoms with E-state index in [9.17, 15) is 14.9 Å². The molecule has 4 rings (SSSR count). The molecule has 2 aliphatic rings. The Kier molecular flexibility index (Phi) is 4.25. The van der Waals surface area contributed by atoms with Crippen LogP contribution in [0, 0.1) is 11.3 Å². The number of amides is 1. The highest BCUT2D eigenvalue weighted by molar-refractivity contribution is 7.16. The molecule has 0 unspecified atom stereocenters. The summed E-state index contributed by atoms with van der Waals surface area (Å²) in [6, 6.07) is 11.7. The van der Waals surface area contributed by atoms with Crippen molar-refractivity contribution in [3.05, 3.63) is 51.9 Å². The second kappa shape index (κ2) is 6.58. The highest BCUT2D eigenvalue weighted by Crippen LogP contribution is 2.49. The molecule has 5 nitrogen and oxygen atoms in total. The van der Waals surface area contributed by atoms with Gasteiger partial charge in [0.25, 0.3) is 5.91 Å². The first-order valence-electron chi connectivity index (χ1n) is 8.71. The van der Waals surface area contributed by atoms with E-state index in [0.717, 1.165) is 43.2 Å². The number of ether oxygens (including phenoxy) is 1. The Labute approximate surface area is 155 Å². The fraction of sp³-hybridized carbons (Fsp3) is 0.350. The van der Waals surface area contributed by atoms with E-state index in [4.69, 9.17) is 4.74 Å². The molecule has 2 aliphatic carbocycles. The lowest BCUT2D eigenvalue weighted by molar-refractivity contribution is -0.150. The van der Waals surface area contributed by atoms with Gasteiger partial charge in [0, 0.05) is 4.88 Å². The Morgan fingerprint density at radius 1 is 1.23 bits per heavy atom. The molecule has 0 saturated heterocycles. The first kappa shape index (κ1) is 16.8. The number of thiophene rings is 1. The molecule has 0 atom stereocenters. The first-order chi connectivity index (χ1) is 12.6. The zero-order valence-electron chi connectivity index (χ0n) is 14.2. The monoisotopic (exact) mass is 366 g/mol. The predicted octanol–water partition coefficient (Wildman–Crippen LogP) is 3.32. The van der Waals surface area contributed by atoms with Gasteiger partial charge < -0.3 is 10.1 Å². The Morgan fingerprint density at radius 3 is 2.69 bits per heavy atom. The molecule has 0 radical (unpaired) electrons. The van der Waals surface area contributed by atoms with Gasteiger partial charge >= 0.3 is 5.97 Å². The van der Waals surface area contributed by atoms with E-state index in [1.54, 1.807) is 0 Å². The first-order valence-corrected chi connectivity index (χ1v) is 9.53. The van der Waals surface area contributed by atoms with Crippen molar-refractivity contribution in [3.8, 4) is 6.07 Å². The van der Waals surface area contributed by atoms with Crippen LogP contribution in [0.1, 0.15) is 40.8 Å². The highest BCUT2D eigenvalue weighted by Gasteiger charge is 2.52. The minimum absolute atomic E-state index is 0.332. The van der Waals surface area contributed by atoms with E-state index in [2.05, 4.69) is 11.4 Å². The van der Waals surface area contributed by atoms with Crippen molar-refractivity contribution < 1.29 is 14.3 Å². The van der Waals surface area contributed by atoms with Crippen LogP contribution >= 0.6 is 11.3 Å². The lowest BCUT2D eigenvalue weighted by Crippen LogP contribution is -2.28. The quantitative estimate of drug-likeness (QED) is 0.823. The van der Waals surface area contributed by atoms with Gasteiger partial charge in [-0.1, -0.05) is 30.3 Å². The molecular weight excluding hydrogens is 348 g/mol. The summed E-state index contributed by atoms with van der Waals surface area (Å²) in [5.41, 5.74) is 1.96. The summed E-state index contributed by atoms with van der Waals surface area (Å²) in [6.07, 6.45) is 4.39. The molecule has 6 heteroatoms. The summed E-state index contributed by atoms with van der Waals surface area (Å²) in [5, 5.41) is 12.7. The molecule has 26 heavy (non-hydrogen) atoms. The van der Waals surface area contributed by atoms with Crippen molar-refractivity contribution in [3.63, 3.8) is 0 Å². The van der Waals surface area contributed by atoms with Crippen LogP contribution in [0.2, 0.25) is 0 Å². The molecule has 1 aromatic heterocycles. The number of nitrogens with zero attached hydrogens (tertiary/aromatic N) is 1. The fourth-order valence-electron chi connectivity index (χ4n) is 3.54. The molecule has 0 spiro atoms. The molecule has 0 aliphatic heterocycles. The van der Waals surface area contributed by atoms with Crippen molar-refractivity contribution in [2.45, 2.75) is 37.5 Å². The molecule has 0 bridgehead atoms. The number of carbonyl (C=O) groups excluding carboxylic acids is 2. The van der Waals surface area contributed by atoms with E-state index >= 15 is 0 Å². The number of fused-ring (bicyclic) bond motifs is 1. The highest BCUT2D eigenvalue weighted by atomic mass is 32.1. The number of hydrogen-bond donors (Lipinski definition) is 1. The van der Waals surface area contributed by atoms with Crippen LogP contribution in [0.15, 0.2) is 30.3 Å². The third-order valence-electron chi connectivity index (χ3n) is 5.09. The number of carbonyl (C=O) groups is 2. The summed E-state index contributed by atoms with van der Waals surface area (Å²) >= 11 is 1.46. The largest absolute Gasteiger partial charge is 0.455 e. The second-order valence-corrected chi connectivity index (χ2v) is 7.85. The van der Waals surface area contributed by atoms with Gasteiger partial charge in [-0.15, -0.1) is 11.3 Å². The number of aryl methyl sites for hydroxylation is 1. The second-order valence-electron chi connectivity index (χ2n) is 6.75. The maximum absolute atomic E-state index is 12.5. The standard InChI is InChI=1S/C20H18N2O3S/c21-11-15-14-7-4-8-16(14)26-18(15)22-17(23)12-25-19(24)20(9-10-20)13-5-2-1-3-6-13/h1-3,5-6H,4,7-10,12H2,(H,22,23). The Hall–Kier alpha value is -2.65. The SMILES string of the molecule is N#Cc1c(NC(=O)COC(=O)C2(c3ccccc3)CC2)sc2c1CCC2. The molecule has 1 aromatic carbocycles. The molecule has 1 fully saturated rings. The average molecular weight is 366 g/mol. The maximum atomic E-state index is 12.5. The maximum Gasteiger partial charge on any atom is 0.317 e. The van der Waals surface area contributed by atoms with E-state index in [1.165, 1.54) is 16.2 Å². The van der Waals surface area contributed by atoms with Crippen LogP contribution in [-0.4, -0.2) is 18.5 Å². The molecule has 2 aromatic rings. The summed E-state index contributed by atoms with van der Waals surface area (Å²) in [4.78, 5) is 25.8. The molecule has 1 N–H and O–H groups in total. The zero-order chi connectivity index (χ0) is 18.1. The number of nitrogens with one attached hydrogen (secondary N) is 1. The minimum Gasteiger partial charge on any atom is -0.455 e. The average Bonchev–Trinajstić information content (AvgIpc) is 3.25. The smallest absolute Gasteiger partial charge is 0.317 e. The van der Waals surface area contributed by atoms with Gasteiger partial charge in [-0.3, -0.25) is 9.59 Å². The van der Waals surface area contributed by atoms with Gasteiger partial charge in [0.05, 0.1) is 11.0 Å². The normalized spacial score (nSPS) is 16.4. The number of nitriles is 1. The Bertz CT molecular complexity index is 907. The molecule has 1 amide bonds. The van der Waals surface area contributed by atoms with Gasteiger partial charge in [0.1, 0.15) is 11.1 Å². The van der Waals surface area contributed by atoms with Gasteiger partial charge in [-0.2, -0.15) is 5.26 Å². The molecule has 132 valence electrons. The Balaban J connectivity index is 1.38. The van der Waals surface area contributed by atoms with Crippen LogP contribution < -0.4 is 5.32 Å². The van der Waals surface area contributed by atoms with Crippen LogP contribution in [0.5, 0.6) is 0 Å². The summed E-state index contributed by atoms with van der Waals surface area (Å²) in [7, 11) is 0. The van der Waals surface area contributed by atoms with Crippen molar-refractivity contribution in [1.82, 2.24) is 0 Å². The number of hydrogen-bond acceptors (Lipinski definition) is 5. The third kappa shape index (κ3) is 2.89. The third-order valence-corrected chi connectivity index (χ3v) is 6.29. The fourth-order valence-corrected chi connectivity index (χ4v) is 4.79. The van der Waals surface area contributed by atoms with E-state index in [0.29, 0.717) is 10.6 Å². The van der Waals surface area contributed by atoms with Crippen molar-refractivity contribution >= 4 is 28.2 Å². The van der Waals surface area contributed by atoms with Gasteiger partial charge in [0.15, 0.2) is 6.61 Å². The Morgan fingerprint density at radius 2 is 2.00 bits per heavy atom. The minimum atomic E-state index is -0.594. The number of anilines is 1. The topological polar surface area (TPSA) is 79.2 Å². The number of benzene rings is 1. The van der Waals surface area contributed by atoms with Crippen molar-refractivity contribution in [2.75, 3.05) is 11.9 Å².